The molecule has 0 saturated carbocycles. The Bertz CT molecular complexity index is 501. The van der Waals surface area contributed by atoms with Gasteiger partial charge in [-0.05, 0) is 43.0 Å². The number of halogens is 1. The van der Waals surface area contributed by atoms with E-state index < -0.39 is 0 Å². The monoisotopic (exact) mass is 262 g/mol. The van der Waals surface area contributed by atoms with E-state index in [1.165, 1.54) is 25.1 Å². The lowest BCUT2D eigenvalue weighted by Crippen LogP contribution is -2.34. The molecule has 2 heterocycles. The molecule has 3 heteroatoms. The van der Waals surface area contributed by atoms with Crippen molar-refractivity contribution in [3.05, 3.63) is 22.3 Å². The summed E-state index contributed by atoms with van der Waals surface area (Å²) in [6.07, 6.45) is 4.58. The molecule has 2 unspecified atom stereocenters. The smallest absolute Gasteiger partial charge is 0.0465 e. The van der Waals surface area contributed by atoms with Gasteiger partial charge in [-0.3, -0.25) is 4.99 Å². The van der Waals surface area contributed by atoms with Crippen molar-refractivity contribution in [3.8, 4) is 0 Å². The lowest BCUT2D eigenvalue weighted by atomic mass is 9.72. The summed E-state index contributed by atoms with van der Waals surface area (Å²) in [7, 11) is 2.23. The van der Waals surface area contributed by atoms with E-state index in [0.29, 0.717) is 5.92 Å². The van der Waals surface area contributed by atoms with E-state index in [1.807, 2.05) is 0 Å². The normalized spacial score (nSPS) is 35.6. The highest BCUT2D eigenvalue weighted by atomic mass is 35.5. The van der Waals surface area contributed by atoms with Gasteiger partial charge < -0.3 is 4.90 Å². The topological polar surface area (TPSA) is 15.6 Å². The van der Waals surface area contributed by atoms with Crippen LogP contribution < -0.4 is 0 Å². The summed E-state index contributed by atoms with van der Waals surface area (Å²) in [5.74, 6) is 0.696. The number of hydrogen-bond acceptors (Lipinski definition) is 2. The fraction of sp³-hybridized carbons (Fsp3) is 0.667. The third kappa shape index (κ3) is 1.55. The van der Waals surface area contributed by atoms with E-state index >= 15 is 0 Å². The number of hydrogen-bond donors (Lipinski definition) is 0. The number of alkyl halides is 1. The van der Waals surface area contributed by atoms with Gasteiger partial charge in [-0.2, -0.15) is 0 Å². The Labute approximate surface area is 113 Å². The number of nitrogens with zero attached hydrogens (tertiary/aromatic N) is 2. The van der Waals surface area contributed by atoms with Gasteiger partial charge in [0.2, 0.25) is 0 Å². The van der Waals surface area contributed by atoms with Crippen LogP contribution in [0.5, 0.6) is 0 Å². The average molecular weight is 263 g/mol. The first-order chi connectivity index (χ1) is 8.72. The molecule has 2 aliphatic carbocycles. The molecule has 4 rings (SSSR count). The Balaban J connectivity index is 1.83. The third-order valence-electron chi connectivity index (χ3n) is 4.89. The number of likely N-dealkylation sites (N-methyl/N-ethyl adjacent to an activating group) is 1. The fourth-order valence-corrected chi connectivity index (χ4v) is 4.36. The molecular weight excluding hydrogens is 244 g/mol. The fourth-order valence-electron chi connectivity index (χ4n) is 4.06. The summed E-state index contributed by atoms with van der Waals surface area (Å²) >= 11 is 6.44. The van der Waals surface area contributed by atoms with Crippen molar-refractivity contribution in [2.24, 2.45) is 10.9 Å². The van der Waals surface area contributed by atoms with Crippen molar-refractivity contribution < 1.29 is 0 Å². The van der Waals surface area contributed by atoms with E-state index in [1.54, 1.807) is 22.3 Å². The highest BCUT2D eigenvalue weighted by Crippen LogP contribution is 2.46. The largest absolute Gasteiger partial charge is 0.302 e. The molecule has 2 nitrogen and oxygen atoms in total. The van der Waals surface area contributed by atoms with Crippen LogP contribution >= 0.6 is 11.6 Å². The van der Waals surface area contributed by atoms with Crippen LogP contribution in [0.3, 0.4) is 0 Å². The molecule has 0 aromatic carbocycles. The number of aliphatic imine (C=N–C) groups is 1. The molecule has 2 aliphatic heterocycles. The quantitative estimate of drug-likeness (QED) is 0.613. The predicted molar refractivity (Wildman–Crippen MR) is 75.5 cm³/mol. The predicted octanol–water partition coefficient (Wildman–Crippen LogP) is 2.79. The van der Waals surface area contributed by atoms with Crippen molar-refractivity contribution >= 4 is 17.3 Å². The molecule has 0 saturated heterocycles. The van der Waals surface area contributed by atoms with Crippen molar-refractivity contribution in [2.75, 3.05) is 26.7 Å². The molecule has 0 amide bonds. The lowest BCUT2D eigenvalue weighted by Gasteiger charge is -2.38. The minimum atomic E-state index is 0.264. The first-order valence-corrected chi connectivity index (χ1v) is 7.46. The summed E-state index contributed by atoms with van der Waals surface area (Å²) in [4.78, 5) is 7.20. The molecule has 0 aromatic rings. The van der Waals surface area contributed by atoms with Gasteiger partial charge in [0, 0.05) is 43.1 Å². The van der Waals surface area contributed by atoms with E-state index in [2.05, 4.69) is 11.9 Å². The maximum atomic E-state index is 6.44. The van der Waals surface area contributed by atoms with Crippen molar-refractivity contribution in [3.63, 3.8) is 0 Å². The van der Waals surface area contributed by atoms with Crippen LogP contribution in [0.2, 0.25) is 0 Å². The summed E-state index contributed by atoms with van der Waals surface area (Å²) in [6, 6.07) is 0. The van der Waals surface area contributed by atoms with Crippen molar-refractivity contribution in [1.29, 1.82) is 0 Å². The molecule has 0 bridgehead atoms. The Morgan fingerprint density at radius 3 is 3.00 bits per heavy atom. The maximum absolute atomic E-state index is 6.44. The summed E-state index contributed by atoms with van der Waals surface area (Å²) < 4.78 is 0. The number of rotatable bonds is 0. The SMILES string of the molecule is CN1CCC2=C(C1)C1=C3C(=NCC3C2)CC(Cl)C1. The van der Waals surface area contributed by atoms with Gasteiger partial charge >= 0.3 is 0 Å². The Hall–Kier alpha value is -0.600. The van der Waals surface area contributed by atoms with Crippen LogP contribution in [-0.4, -0.2) is 42.7 Å². The van der Waals surface area contributed by atoms with Crippen LogP contribution in [0, 0.1) is 5.92 Å². The van der Waals surface area contributed by atoms with Gasteiger partial charge in [0.25, 0.3) is 0 Å². The minimum Gasteiger partial charge on any atom is -0.302 e. The van der Waals surface area contributed by atoms with Crippen LogP contribution in [-0.2, 0) is 0 Å². The Morgan fingerprint density at radius 1 is 1.22 bits per heavy atom. The molecule has 4 aliphatic rings. The van der Waals surface area contributed by atoms with Crippen molar-refractivity contribution in [1.82, 2.24) is 4.90 Å². The first-order valence-electron chi connectivity index (χ1n) is 7.03. The van der Waals surface area contributed by atoms with Gasteiger partial charge in [-0.25, -0.2) is 0 Å². The van der Waals surface area contributed by atoms with E-state index in [4.69, 9.17) is 16.6 Å². The molecule has 0 radical (unpaired) electrons. The molecular formula is C15H19ClN2. The highest BCUT2D eigenvalue weighted by Gasteiger charge is 2.39. The second-order valence-corrected chi connectivity index (χ2v) is 6.77. The van der Waals surface area contributed by atoms with Crippen LogP contribution in [0.25, 0.3) is 0 Å². The van der Waals surface area contributed by atoms with Gasteiger partial charge in [-0.1, -0.05) is 5.57 Å². The van der Waals surface area contributed by atoms with Crippen molar-refractivity contribution in [2.45, 2.75) is 31.1 Å². The summed E-state index contributed by atoms with van der Waals surface area (Å²) in [5.41, 5.74) is 7.84. The molecule has 0 N–H and O–H groups in total. The number of fused-ring (bicyclic) bond motifs is 1. The van der Waals surface area contributed by atoms with Crippen LogP contribution in [0.15, 0.2) is 27.3 Å². The second kappa shape index (κ2) is 3.94. The minimum absolute atomic E-state index is 0.264. The van der Waals surface area contributed by atoms with Gasteiger partial charge in [0.15, 0.2) is 0 Å². The van der Waals surface area contributed by atoms with Crippen LogP contribution in [0.1, 0.15) is 25.7 Å². The molecule has 0 fully saturated rings. The van der Waals surface area contributed by atoms with Gasteiger partial charge in [0.05, 0.1) is 0 Å². The average Bonchev–Trinajstić information content (AvgIpc) is 2.74. The zero-order chi connectivity index (χ0) is 12.3. The molecule has 96 valence electrons. The Morgan fingerprint density at radius 2 is 2.11 bits per heavy atom. The Kier molecular flexibility index (Phi) is 2.46. The first kappa shape index (κ1) is 11.2. The molecule has 2 atom stereocenters. The third-order valence-corrected chi connectivity index (χ3v) is 5.20. The second-order valence-electron chi connectivity index (χ2n) is 6.16. The van der Waals surface area contributed by atoms with E-state index in [9.17, 15) is 0 Å². The van der Waals surface area contributed by atoms with Crippen LogP contribution in [0.4, 0.5) is 0 Å². The summed E-state index contributed by atoms with van der Waals surface area (Å²) in [6.45, 7) is 3.36. The zero-order valence-corrected chi connectivity index (χ0v) is 11.6. The maximum Gasteiger partial charge on any atom is 0.0465 e. The van der Waals surface area contributed by atoms with Gasteiger partial charge in [-0.15, -0.1) is 11.6 Å². The summed E-state index contributed by atoms with van der Waals surface area (Å²) in [5, 5.41) is 0.264. The molecule has 0 spiro atoms. The zero-order valence-electron chi connectivity index (χ0n) is 10.9. The highest BCUT2D eigenvalue weighted by molar-refractivity contribution is 6.24. The van der Waals surface area contributed by atoms with E-state index in [-0.39, 0.29) is 5.38 Å². The molecule has 18 heavy (non-hydrogen) atoms. The van der Waals surface area contributed by atoms with Gasteiger partial charge in [0.1, 0.15) is 0 Å². The standard InChI is InChI=1S/C15H19ClN2/c1-18-3-2-9-4-10-7-17-14-6-11(16)5-12(15(10)14)13(9)8-18/h10-11H,2-8H2,1H3. The lowest BCUT2D eigenvalue weighted by molar-refractivity contribution is 0.339. The molecule has 0 aromatic heterocycles. The van der Waals surface area contributed by atoms with E-state index in [0.717, 1.165) is 25.9 Å².